The van der Waals surface area contributed by atoms with Gasteiger partial charge in [-0.2, -0.15) is 18.2 Å². The number of piperidine rings is 1. The summed E-state index contributed by atoms with van der Waals surface area (Å²) in [6.45, 7) is 2.45. The van der Waals surface area contributed by atoms with Crippen LogP contribution in [0.15, 0.2) is 54.7 Å². The number of anilines is 3. The molecule has 1 unspecified atom stereocenters. The van der Waals surface area contributed by atoms with Crippen molar-refractivity contribution >= 4 is 41.1 Å². The number of fused-ring (bicyclic) bond motifs is 1. The van der Waals surface area contributed by atoms with Crippen LogP contribution < -0.4 is 25.2 Å². The summed E-state index contributed by atoms with van der Waals surface area (Å²) in [6.07, 6.45) is -2.72. The number of carbonyl (C=O) groups is 4. The van der Waals surface area contributed by atoms with Crippen LogP contribution in [-0.4, -0.2) is 83.9 Å². The molecule has 4 heterocycles. The molecule has 1 atom stereocenters. The Balaban J connectivity index is 1.03. The van der Waals surface area contributed by atoms with Crippen molar-refractivity contribution in [3.8, 4) is 5.75 Å². The number of amides is 4. The summed E-state index contributed by atoms with van der Waals surface area (Å²) >= 11 is 0. The maximum absolute atomic E-state index is 13.2. The molecule has 3 aliphatic heterocycles. The van der Waals surface area contributed by atoms with Gasteiger partial charge in [0.15, 0.2) is 0 Å². The van der Waals surface area contributed by atoms with Gasteiger partial charge in [-0.15, -0.1) is 0 Å². The molecule has 0 saturated carbocycles. The van der Waals surface area contributed by atoms with Gasteiger partial charge in [-0.05, 0) is 42.8 Å². The van der Waals surface area contributed by atoms with Crippen molar-refractivity contribution in [3.63, 3.8) is 0 Å². The average molecular weight is 624 g/mol. The minimum Gasteiger partial charge on any atom is -0.491 e. The quantitative estimate of drug-likeness (QED) is 0.285. The van der Waals surface area contributed by atoms with E-state index >= 15 is 0 Å². The van der Waals surface area contributed by atoms with Gasteiger partial charge in [0.05, 0.1) is 23.2 Å². The standard InChI is InChI=1S/C30H28F3N7O5/c31-30(32,33)18-3-1-4-19(17-18)38-12-14-39(15-13-38)29-35-10-9-23(36-29)34-11-16-45-22-6-2-5-20-25(22)28(44)40(27(20)43)21-7-8-24(41)37-26(21)42/h1-6,9-10,17,21H,7-8,11-16H2,(H,34,35,36)(H,37,41,42). The van der Waals surface area contributed by atoms with Gasteiger partial charge in [0.1, 0.15) is 24.2 Å². The van der Waals surface area contributed by atoms with Gasteiger partial charge in [-0.1, -0.05) is 12.1 Å². The summed E-state index contributed by atoms with van der Waals surface area (Å²) in [5.74, 6) is -1.20. The zero-order chi connectivity index (χ0) is 31.7. The first-order valence-electron chi connectivity index (χ1n) is 14.3. The second kappa shape index (κ2) is 12.1. The van der Waals surface area contributed by atoms with E-state index in [1.807, 2.05) is 9.80 Å². The molecule has 3 aliphatic rings. The van der Waals surface area contributed by atoms with E-state index in [0.717, 1.165) is 17.0 Å². The summed E-state index contributed by atoms with van der Waals surface area (Å²) in [5.41, 5.74) is 0.0311. The highest BCUT2D eigenvalue weighted by atomic mass is 19.4. The zero-order valence-electron chi connectivity index (χ0n) is 23.8. The SMILES string of the molecule is O=C1CCC(N2C(=O)c3cccc(OCCNc4ccnc(N5CCN(c6cccc(C(F)(F)F)c6)CC5)n4)c3C2=O)C(=O)N1. The first-order valence-corrected chi connectivity index (χ1v) is 14.3. The van der Waals surface area contributed by atoms with Gasteiger partial charge >= 0.3 is 6.18 Å². The third kappa shape index (κ3) is 6.10. The Hall–Kier alpha value is -5.21. The molecule has 0 aliphatic carbocycles. The summed E-state index contributed by atoms with van der Waals surface area (Å²) in [6, 6.07) is 10.6. The topological polar surface area (TPSA) is 137 Å². The Morgan fingerprint density at radius 1 is 0.956 bits per heavy atom. The van der Waals surface area contributed by atoms with Crippen molar-refractivity contribution in [1.82, 2.24) is 20.2 Å². The van der Waals surface area contributed by atoms with Crippen molar-refractivity contribution in [2.24, 2.45) is 0 Å². The van der Waals surface area contributed by atoms with Crippen LogP contribution in [0.1, 0.15) is 39.1 Å². The molecular formula is C30H28F3N7O5. The maximum atomic E-state index is 13.2. The van der Waals surface area contributed by atoms with E-state index in [1.54, 1.807) is 30.5 Å². The van der Waals surface area contributed by atoms with Crippen molar-refractivity contribution in [1.29, 1.82) is 0 Å². The molecule has 2 N–H and O–H groups in total. The van der Waals surface area contributed by atoms with Crippen LogP contribution in [0.4, 0.5) is 30.6 Å². The number of nitrogens with zero attached hydrogens (tertiary/aromatic N) is 5. The molecule has 3 aromatic rings. The molecule has 0 radical (unpaired) electrons. The van der Waals surface area contributed by atoms with E-state index in [1.165, 1.54) is 12.1 Å². The Kier molecular flexibility index (Phi) is 7.99. The predicted octanol–water partition coefficient (Wildman–Crippen LogP) is 2.71. The largest absolute Gasteiger partial charge is 0.491 e. The van der Waals surface area contributed by atoms with Gasteiger partial charge in [0.25, 0.3) is 11.8 Å². The van der Waals surface area contributed by atoms with Crippen molar-refractivity contribution < 1.29 is 37.1 Å². The van der Waals surface area contributed by atoms with Gasteiger partial charge in [-0.3, -0.25) is 29.4 Å². The lowest BCUT2D eigenvalue weighted by atomic mass is 10.0. The third-order valence-electron chi connectivity index (χ3n) is 7.84. The number of nitrogens with one attached hydrogen (secondary N) is 2. The first-order chi connectivity index (χ1) is 21.6. The number of carbonyl (C=O) groups excluding carboxylic acids is 4. The van der Waals surface area contributed by atoms with Crippen molar-refractivity contribution in [2.45, 2.75) is 25.1 Å². The molecule has 0 spiro atoms. The van der Waals surface area contributed by atoms with Crippen molar-refractivity contribution in [2.75, 3.05) is 54.4 Å². The lowest BCUT2D eigenvalue weighted by Gasteiger charge is -2.36. The number of benzene rings is 2. The average Bonchev–Trinajstić information content (AvgIpc) is 3.29. The number of hydrogen-bond donors (Lipinski definition) is 2. The highest BCUT2D eigenvalue weighted by Gasteiger charge is 2.46. The smallest absolute Gasteiger partial charge is 0.416 e. The van der Waals surface area contributed by atoms with Crippen LogP contribution in [0.2, 0.25) is 0 Å². The van der Waals surface area contributed by atoms with Gasteiger partial charge < -0.3 is 19.9 Å². The van der Waals surface area contributed by atoms with E-state index in [2.05, 4.69) is 20.6 Å². The molecular weight excluding hydrogens is 595 g/mol. The lowest BCUT2D eigenvalue weighted by Crippen LogP contribution is -2.54. The minimum absolute atomic E-state index is 0.0274. The Labute approximate surface area is 255 Å². The van der Waals surface area contributed by atoms with Crippen LogP contribution >= 0.6 is 0 Å². The number of piperazine rings is 1. The molecule has 15 heteroatoms. The highest BCUT2D eigenvalue weighted by molar-refractivity contribution is 6.24. The summed E-state index contributed by atoms with van der Waals surface area (Å²) < 4.78 is 45.2. The third-order valence-corrected chi connectivity index (χ3v) is 7.84. The number of halogens is 3. The van der Waals surface area contributed by atoms with Crippen LogP contribution in [0, 0.1) is 0 Å². The van der Waals surface area contributed by atoms with E-state index in [-0.39, 0.29) is 36.3 Å². The molecule has 2 saturated heterocycles. The van der Waals surface area contributed by atoms with Gasteiger partial charge in [0.2, 0.25) is 17.8 Å². The Morgan fingerprint density at radius 2 is 1.71 bits per heavy atom. The molecule has 0 bridgehead atoms. The second-order valence-electron chi connectivity index (χ2n) is 10.7. The fourth-order valence-electron chi connectivity index (χ4n) is 5.59. The molecule has 2 fully saturated rings. The van der Waals surface area contributed by atoms with Crippen LogP contribution in [0.3, 0.4) is 0 Å². The van der Waals surface area contributed by atoms with Gasteiger partial charge in [0, 0.05) is 44.5 Å². The second-order valence-corrected chi connectivity index (χ2v) is 10.7. The molecule has 2 aromatic carbocycles. The Morgan fingerprint density at radius 3 is 2.47 bits per heavy atom. The monoisotopic (exact) mass is 623 g/mol. The predicted molar refractivity (Wildman–Crippen MR) is 155 cm³/mol. The number of aromatic nitrogens is 2. The number of hydrogen-bond acceptors (Lipinski definition) is 10. The number of rotatable bonds is 8. The van der Waals surface area contributed by atoms with Crippen LogP contribution in [0.25, 0.3) is 0 Å². The van der Waals surface area contributed by atoms with Crippen LogP contribution in [-0.2, 0) is 15.8 Å². The minimum atomic E-state index is -4.40. The summed E-state index contributed by atoms with van der Waals surface area (Å²) in [5, 5.41) is 5.31. The summed E-state index contributed by atoms with van der Waals surface area (Å²) in [7, 11) is 0. The maximum Gasteiger partial charge on any atom is 0.416 e. The Bertz CT molecular complexity index is 1660. The lowest BCUT2D eigenvalue weighted by molar-refractivity contribution is -0.138. The summed E-state index contributed by atoms with van der Waals surface area (Å²) in [4.78, 5) is 63.7. The number of alkyl halides is 3. The molecule has 45 heavy (non-hydrogen) atoms. The molecule has 234 valence electrons. The van der Waals surface area contributed by atoms with Crippen LogP contribution in [0.5, 0.6) is 5.75 Å². The first kappa shape index (κ1) is 29.8. The van der Waals surface area contributed by atoms with E-state index in [4.69, 9.17) is 4.74 Å². The highest BCUT2D eigenvalue weighted by Crippen LogP contribution is 2.34. The molecule has 1 aromatic heterocycles. The molecule has 6 rings (SSSR count). The van der Waals surface area contributed by atoms with Gasteiger partial charge in [-0.25, -0.2) is 4.98 Å². The van der Waals surface area contributed by atoms with E-state index in [9.17, 15) is 32.3 Å². The van der Waals surface area contributed by atoms with E-state index < -0.39 is 41.4 Å². The fraction of sp³-hybridized carbons (Fsp3) is 0.333. The molecule has 12 nitrogen and oxygen atoms in total. The zero-order valence-corrected chi connectivity index (χ0v) is 23.8. The fourth-order valence-corrected chi connectivity index (χ4v) is 5.59. The molecule has 4 amide bonds. The van der Waals surface area contributed by atoms with Crippen molar-refractivity contribution in [3.05, 3.63) is 71.4 Å². The van der Waals surface area contributed by atoms with E-state index in [0.29, 0.717) is 50.2 Å². The number of ether oxygens (including phenoxy) is 1. The number of imide groups is 2. The normalized spacial score (nSPS) is 18.6.